The van der Waals surface area contributed by atoms with Crippen LogP contribution in [0.25, 0.3) is 0 Å². The van der Waals surface area contributed by atoms with Gasteiger partial charge in [-0.15, -0.1) is 0 Å². The quantitative estimate of drug-likeness (QED) is 0.540. The van der Waals surface area contributed by atoms with E-state index in [4.69, 9.17) is 9.15 Å². The predicted molar refractivity (Wildman–Crippen MR) is 113 cm³/mol. The van der Waals surface area contributed by atoms with Gasteiger partial charge in [-0.05, 0) is 61.0 Å². The second-order valence-corrected chi connectivity index (χ2v) is 9.35. The number of rotatable bonds is 7. The summed E-state index contributed by atoms with van der Waals surface area (Å²) in [6, 6.07) is 16.4. The zero-order valence-corrected chi connectivity index (χ0v) is 18.3. The number of halogens is 1. The van der Waals surface area contributed by atoms with Crippen LogP contribution in [0.3, 0.4) is 0 Å². The molecule has 0 spiro atoms. The fraction of sp³-hybridized carbons (Fsp3) is 0.190. The van der Waals surface area contributed by atoms with Crippen molar-refractivity contribution in [3.63, 3.8) is 0 Å². The minimum absolute atomic E-state index is 0.0615. The Bertz CT molecular complexity index is 1090. The van der Waals surface area contributed by atoms with Crippen molar-refractivity contribution in [2.75, 3.05) is 7.11 Å². The van der Waals surface area contributed by atoms with Gasteiger partial charge in [0, 0.05) is 4.47 Å². The van der Waals surface area contributed by atoms with Crippen molar-refractivity contribution in [3.05, 3.63) is 82.2 Å². The molecule has 0 fully saturated rings. The molecule has 1 aromatic heterocycles. The van der Waals surface area contributed by atoms with E-state index in [9.17, 15) is 13.2 Å². The Morgan fingerprint density at radius 2 is 1.72 bits per heavy atom. The highest BCUT2D eigenvalue weighted by Gasteiger charge is 2.20. The fourth-order valence-electron chi connectivity index (χ4n) is 2.73. The van der Waals surface area contributed by atoms with Crippen molar-refractivity contribution < 1.29 is 22.4 Å². The summed E-state index contributed by atoms with van der Waals surface area (Å²) in [6.07, 6.45) is 0. The molecular weight excluding hydrogens is 458 g/mol. The lowest BCUT2D eigenvalue weighted by atomic mass is 10.1. The van der Waals surface area contributed by atoms with Gasteiger partial charge in [-0.3, -0.25) is 4.79 Å². The van der Waals surface area contributed by atoms with Crippen LogP contribution in [-0.4, -0.2) is 21.4 Å². The zero-order chi connectivity index (χ0) is 21.0. The van der Waals surface area contributed by atoms with Crippen LogP contribution in [0, 0.1) is 0 Å². The third-order valence-electron chi connectivity index (χ3n) is 4.35. The van der Waals surface area contributed by atoms with E-state index < -0.39 is 15.7 Å². The van der Waals surface area contributed by atoms with Crippen LogP contribution in [0.1, 0.15) is 34.8 Å². The maximum atomic E-state index is 12.5. The predicted octanol–water partition coefficient (Wildman–Crippen LogP) is 4.52. The number of nitrogens with one attached hydrogen (secondary N) is 1. The van der Waals surface area contributed by atoms with Crippen LogP contribution in [0.4, 0.5) is 0 Å². The van der Waals surface area contributed by atoms with Gasteiger partial charge in [-0.1, -0.05) is 28.1 Å². The van der Waals surface area contributed by atoms with Crippen molar-refractivity contribution in [2.45, 2.75) is 23.6 Å². The van der Waals surface area contributed by atoms with E-state index in [-0.39, 0.29) is 28.2 Å². The summed E-state index contributed by atoms with van der Waals surface area (Å²) in [4.78, 5) is 12.6. The highest BCUT2D eigenvalue weighted by atomic mass is 79.9. The van der Waals surface area contributed by atoms with Gasteiger partial charge in [0.15, 0.2) is 15.6 Å². The van der Waals surface area contributed by atoms with E-state index in [0.29, 0.717) is 0 Å². The van der Waals surface area contributed by atoms with Gasteiger partial charge in [0.1, 0.15) is 17.3 Å². The molecule has 0 aliphatic heterocycles. The molecule has 1 atom stereocenters. The van der Waals surface area contributed by atoms with Crippen LogP contribution in [0.5, 0.6) is 5.75 Å². The molecule has 8 heteroatoms. The number of sulfone groups is 1. The summed E-state index contributed by atoms with van der Waals surface area (Å²) >= 11 is 3.28. The molecule has 0 radical (unpaired) electrons. The molecule has 0 aliphatic carbocycles. The number of hydrogen-bond acceptors (Lipinski definition) is 5. The molecule has 3 aromatic rings. The third kappa shape index (κ3) is 5.27. The summed E-state index contributed by atoms with van der Waals surface area (Å²) in [5.41, 5.74) is 0.906. The van der Waals surface area contributed by atoms with E-state index in [1.165, 1.54) is 24.3 Å². The second kappa shape index (κ2) is 8.84. The molecule has 0 saturated heterocycles. The van der Waals surface area contributed by atoms with Crippen molar-refractivity contribution >= 4 is 31.7 Å². The molecule has 6 nitrogen and oxygen atoms in total. The molecule has 1 heterocycles. The smallest absolute Gasteiger partial charge is 0.287 e. The van der Waals surface area contributed by atoms with Gasteiger partial charge in [0.05, 0.1) is 18.0 Å². The minimum atomic E-state index is -3.57. The summed E-state index contributed by atoms with van der Waals surface area (Å²) in [7, 11) is -1.98. The number of carbonyl (C=O) groups is 1. The lowest BCUT2D eigenvalue weighted by Crippen LogP contribution is -2.26. The van der Waals surface area contributed by atoms with Gasteiger partial charge < -0.3 is 14.5 Å². The van der Waals surface area contributed by atoms with E-state index in [1.54, 1.807) is 19.2 Å². The number of methoxy groups -OCH3 is 1. The van der Waals surface area contributed by atoms with Gasteiger partial charge in [-0.25, -0.2) is 8.42 Å². The van der Waals surface area contributed by atoms with E-state index in [0.717, 1.165) is 15.8 Å². The summed E-state index contributed by atoms with van der Waals surface area (Å²) in [6.45, 7) is 1.85. The molecule has 152 valence electrons. The third-order valence-corrected chi connectivity index (χ3v) is 6.54. The molecule has 0 bridgehead atoms. The Hall–Kier alpha value is -2.58. The Labute approximate surface area is 177 Å². The maximum absolute atomic E-state index is 12.5. The first-order valence-corrected chi connectivity index (χ1v) is 11.2. The lowest BCUT2D eigenvalue weighted by molar-refractivity contribution is 0.0910. The Kier molecular flexibility index (Phi) is 6.44. The number of benzene rings is 2. The first kappa shape index (κ1) is 21.1. The Morgan fingerprint density at radius 3 is 2.34 bits per heavy atom. The summed E-state index contributed by atoms with van der Waals surface area (Å²) in [5.74, 6) is 0.257. The average Bonchev–Trinajstić information content (AvgIpc) is 3.16. The first-order chi connectivity index (χ1) is 13.8. The highest BCUT2D eigenvalue weighted by molar-refractivity contribution is 9.10. The normalized spacial score (nSPS) is 12.4. The molecule has 2 aromatic carbocycles. The van der Waals surface area contributed by atoms with Crippen LogP contribution >= 0.6 is 15.9 Å². The summed E-state index contributed by atoms with van der Waals surface area (Å²) < 4.78 is 36.4. The van der Waals surface area contributed by atoms with Gasteiger partial charge in [0.25, 0.3) is 5.91 Å². The average molecular weight is 478 g/mol. The lowest BCUT2D eigenvalue weighted by Gasteiger charge is -2.13. The van der Waals surface area contributed by atoms with Gasteiger partial charge >= 0.3 is 0 Å². The molecule has 1 N–H and O–H groups in total. The standard InChI is InChI=1S/C21H20BrNO5S/c1-14(15-3-7-17(27-2)8-4-15)23-21(24)20-12-9-18(28-20)13-29(25,26)19-10-5-16(22)6-11-19/h3-12,14H,13H2,1-2H3,(H,23,24)/t14-/m1/s1. The topological polar surface area (TPSA) is 85.6 Å². The van der Waals surface area contributed by atoms with Crippen molar-refractivity contribution in [1.29, 1.82) is 0 Å². The molecule has 1 amide bonds. The molecule has 0 aliphatic rings. The van der Waals surface area contributed by atoms with Gasteiger partial charge in [-0.2, -0.15) is 0 Å². The van der Waals surface area contributed by atoms with E-state index in [1.807, 2.05) is 31.2 Å². The minimum Gasteiger partial charge on any atom is -0.497 e. The zero-order valence-electron chi connectivity index (χ0n) is 15.9. The van der Waals surface area contributed by atoms with Crippen molar-refractivity contribution in [2.24, 2.45) is 0 Å². The SMILES string of the molecule is COc1ccc([C@@H](C)NC(=O)c2ccc(CS(=O)(=O)c3ccc(Br)cc3)o2)cc1. The Morgan fingerprint density at radius 1 is 1.07 bits per heavy atom. The van der Waals surface area contributed by atoms with Crippen LogP contribution in [0.2, 0.25) is 0 Å². The fourth-order valence-corrected chi connectivity index (χ4v) is 4.25. The summed E-state index contributed by atoms with van der Waals surface area (Å²) in [5, 5.41) is 2.84. The van der Waals surface area contributed by atoms with Crippen LogP contribution in [0.15, 0.2) is 74.4 Å². The number of amides is 1. The molecule has 0 saturated carbocycles. The van der Waals surface area contributed by atoms with E-state index in [2.05, 4.69) is 21.2 Å². The monoisotopic (exact) mass is 477 g/mol. The molecule has 29 heavy (non-hydrogen) atoms. The van der Waals surface area contributed by atoms with Crippen molar-refractivity contribution in [3.8, 4) is 5.75 Å². The molecule has 3 rings (SSSR count). The number of furan rings is 1. The van der Waals surface area contributed by atoms with Crippen molar-refractivity contribution in [1.82, 2.24) is 5.32 Å². The first-order valence-electron chi connectivity index (χ1n) is 8.80. The highest BCUT2D eigenvalue weighted by Crippen LogP contribution is 2.21. The Balaban J connectivity index is 1.67. The van der Waals surface area contributed by atoms with E-state index >= 15 is 0 Å². The maximum Gasteiger partial charge on any atom is 0.287 e. The molecular formula is C21H20BrNO5S. The number of ether oxygens (including phenoxy) is 1. The van der Waals surface area contributed by atoms with Crippen LogP contribution < -0.4 is 10.1 Å². The number of carbonyl (C=O) groups excluding carboxylic acids is 1. The second-order valence-electron chi connectivity index (χ2n) is 6.45. The van der Waals surface area contributed by atoms with Crippen LogP contribution in [-0.2, 0) is 15.6 Å². The number of hydrogen-bond donors (Lipinski definition) is 1. The molecule has 0 unspecified atom stereocenters. The van der Waals surface area contributed by atoms with Gasteiger partial charge in [0.2, 0.25) is 0 Å². The largest absolute Gasteiger partial charge is 0.497 e.